The van der Waals surface area contributed by atoms with Gasteiger partial charge in [0.05, 0.1) is 10.4 Å². The van der Waals surface area contributed by atoms with Crippen LogP contribution in [0, 0.1) is 10.1 Å². The van der Waals surface area contributed by atoms with E-state index in [1.54, 1.807) is 25.3 Å². The zero-order chi connectivity index (χ0) is 23.8. The molecule has 3 aromatic rings. The molecule has 0 aliphatic carbocycles. The molecule has 0 aliphatic rings. The number of hydrogen-bond acceptors (Lipinski definition) is 6. The third kappa shape index (κ3) is 5.71. The number of nitrogens with zero attached hydrogens (tertiary/aromatic N) is 3. The van der Waals surface area contributed by atoms with Crippen LogP contribution >= 0.6 is 0 Å². The van der Waals surface area contributed by atoms with Gasteiger partial charge in [-0.2, -0.15) is 0 Å². The van der Waals surface area contributed by atoms with Crippen LogP contribution in [0.2, 0.25) is 0 Å². The average molecular weight is 450 g/mol. The van der Waals surface area contributed by atoms with Crippen molar-refractivity contribution < 1.29 is 19.3 Å². The Bertz CT molecular complexity index is 1180. The maximum Gasteiger partial charge on any atom is 0.334 e. The van der Waals surface area contributed by atoms with E-state index >= 15 is 0 Å². The SMILES string of the molecule is CCCCCC/C(=N\OC(=O)CC)C(=O)c1cn(-c2ccc([N+](=O)[O-])cc2)c2ccccc12. The van der Waals surface area contributed by atoms with Crippen molar-refractivity contribution in [1.29, 1.82) is 0 Å². The van der Waals surface area contributed by atoms with Gasteiger partial charge >= 0.3 is 5.97 Å². The predicted molar refractivity (Wildman–Crippen MR) is 127 cm³/mol. The van der Waals surface area contributed by atoms with Gasteiger partial charge in [0.25, 0.3) is 5.69 Å². The molecule has 0 N–H and O–H groups in total. The molecule has 0 fully saturated rings. The van der Waals surface area contributed by atoms with E-state index < -0.39 is 10.9 Å². The van der Waals surface area contributed by atoms with Gasteiger partial charge in [0.15, 0.2) is 0 Å². The van der Waals surface area contributed by atoms with Crippen LogP contribution in [0.1, 0.15) is 62.7 Å². The topological polar surface area (TPSA) is 104 Å². The number of aromatic nitrogens is 1. The molecule has 0 saturated carbocycles. The number of rotatable bonds is 11. The standard InChI is InChI=1S/C25H27N3O5/c1-3-5-6-7-11-22(26-33-24(29)4-2)25(30)21-17-27(23-12-9-8-10-20(21)23)18-13-15-19(16-14-18)28(31)32/h8-10,12-17H,3-7,11H2,1-2H3/b26-22+. The van der Waals surface area contributed by atoms with Gasteiger partial charge < -0.3 is 9.40 Å². The molecular formula is C25H27N3O5. The van der Waals surface area contributed by atoms with Crippen molar-refractivity contribution in [2.45, 2.75) is 52.4 Å². The van der Waals surface area contributed by atoms with Crippen LogP contribution in [0.4, 0.5) is 5.69 Å². The van der Waals surface area contributed by atoms with Gasteiger partial charge in [0.1, 0.15) is 5.71 Å². The number of hydrogen-bond donors (Lipinski definition) is 0. The first-order valence-electron chi connectivity index (χ1n) is 11.1. The number of Topliss-reactive ketones (excluding diaryl/α,β-unsaturated/α-hetero) is 1. The molecule has 0 amide bonds. The lowest BCUT2D eigenvalue weighted by Crippen LogP contribution is -2.16. The number of fused-ring (bicyclic) bond motifs is 1. The number of nitro groups is 1. The molecular weight excluding hydrogens is 422 g/mol. The van der Waals surface area contributed by atoms with Gasteiger partial charge in [-0.3, -0.25) is 14.9 Å². The van der Waals surface area contributed by atoms with E-state index in [1.807, 2.05) is 28.8 Å². The first-order valence-corrected chi connectivity index (χ1v) is 11.1. The first-order chi connectivity index (χ1) is 16.0. The minimum Gasteiger partial charge on any atom is -0.318 e. The monoisotopic (exact) mass is 449 g/mol. The molecule has 8 heteroatoms. The molecule has 1 heterocycles. The van der Waals surface area contributed by atoms with E-state index in [-0.39, 0.29) is 23.6 Å². The van der Waals surface area contributed by atoms with Gasteiger partial charge in [-0.05, 0) is 31.0 Å². The Balaban J connectivity index is 2.00. The molecule has 2 aromatic carbocycles. The van der Waals surface area contributed by atoms with Crippen molar-refractivity contribution in [3.05, 3.63) is 70.4 Å². The lowest BCUT2D eigenvalue weighted by molar-refractivity contribution is -0.384. The second-order valence-electron chi connectivity index (χ2n) is 7.70. The highest BCUT2D eigenvalue weighted by Crippen LogP contribution is 2.27. The number of ketones is 1. The Labute approximate surface area is 192 Å². The summed E-state index contributed by atoms with van der Waals surface area (Å²) >= 11 is 0. The summed E-state index contributed by atoms with van der Waals surface area (Å²) in [6.45, 7) is 3.77. The van der Waals surface area contributed by atoms with E-state index in [0.717, 1.165) is 36.6 Å². The molecule has 8 nitrogen and oxygen atoms in total. The number of benzene rings is 2. The Morgan fingerprint density at radius 3 is 2.42 bits per heavy atom. The number of carbonyl (C=O) groups is 2. The smallest absolute Gasteiger partial charge is 0.318 e. The van der Waals surface area contributed by atoms with Crippen LogP contribution in [-0.4, -0.2) is 27.0 Å². The second kappa shape index (κ2) is 11.2. The third-order valence-corrected chi connectivity index (χ3v) is 5.37. The second-order valence-corrected chi connectivity index (χ2v) is 7.70. The van der Waals surface area contributed by atoms with E-state index in [0.29, 0.717) is 17.7 Å². The Hall–Kier alpha value is -3.81. The Morgan fingerprint density at radius 2 is 1.76 bits per heavy atom. The first kappa shape index (κ1) is 23.8. The molecule has 1 aromatic heterocycles. The summed E-state index contributed by atoms with van der Waals surface area (Å²) in [7, 11) is 0. The number of para-hydroxylation sites is 1. The molecule has 0 saturated heterocycles. The summed E-state index contributed by atoms with van der Waals surface area (Å²) in [5.41, 5.74) is 2.11. The minimum absolute atomic E-state index is 0.00856. The van der Waals surface area contributed by atoms with E-state index in [4.69, 9.17) is 4.84 Å². The molecule has 33 heavy (non-hydrogen) atoms. The number of unbranched alkanes of at least 4 members (excludes halogenated alkanes) is 3. The van der Waals surface area contributed by atoms with Gasteiger partial charge in [-0.15, -0.1) is 0 Å². The summed E-state index contributed by atoms with van der Waals surface area (Å²) in [5, 5.41) is 15.6. The van der Waals surface area contributed by atoms with Crippen LogP contribution in [-0.2, 0) is 9.63 Å². The predicted octanol–water partition coefficient (Wildman–Crippen LogP) is 6.00. The number of oxime groups is 1. The van der Waals surface area contributed by atoms with Gasteiger partial charge in [-0.25, -0.2) is 4.79 Å². The quantitative estimate of drug-likeness (QED) is 0.0891. The molecule has 172 valence electrons. The van der Waals surface area contributed by atoms with Crippen molar-refractivity contribution in [3.63, 3.8) is 0 Å². The van der Waals surface area contributed by atoms with Gasteiger partial charge in [-0.1, -0.05) is 56.5 Å². The fourth-order valence-electron chi connectivity index (χ4n) is 3.56. The average Bonchev–Trinajstić information content (AvgIpc) is 3.22. The van der Waals surface area contributed by atoms with Crippen molar-refractivity contribution in [2.75, 3.05) is 0 Å². The van der Waals surface area contributed by atoms with E-state index in [1.165, 1.54) is 12.1 Å². The highest BCUT2D eigenvalue weighted by molar-refractivity contribution is 6.47. The highest BCUT2D eigenvalue weighted by Gasteiger charge is 2.21. The highest BCUT2D eigenvalue weighted by atomic mass is 16.7. The molecule has 0 bridgehead atoms. The number of nitro benzene ring substituents is 1. The van der Waals surface area contributed by atoms with Crippen LogP contribution < -0.4 is 0 Å². The summed E-state index contributed by atoms with van der Waals surface area (Å²) in [6, 6.07) is 13.6. The lowest BCUT2D eigenvalue weighted by Gasteiger charge is -2.05. The summed E-state index contributed by atoms with van der Waals surface area (Å²) in [5.74, 6) is -0.797. The largest absolute Gasteiger partial charge is 0.334 e. The van der Waals surface area contributed by atoms with E-state index in [2.05, 4.69) is 12.1 Å². The zero-order valence-electron chi connectivity index (χ0n) is 18.8. The van der Waals surface area contributed by atoms with Crippen LogP contribution in [0.5, 0.6) is 0 Å². The number of carbonyl (C=O) groups excluding carboxylic acids is 2. The van der Waals surface area contributed by atoms with E-state index in [9.17, 15) is 19.7 Å². The van der Waals surface area contributed by atoms with Gasteiger partial charge in [0, 0.05) is 41.4 Å². The summed E-state index contributed by atoms with van der Waals surface area (Å²) in [6.07, 6.45) is 6.12. The molecule has 0 aliphatic heterocycles. The molecule has 0 atom stereocenters. The third-order valence-electron chi connectivity index (χ3n) is 5.37. The fraction of sp³-hybridized carbons (Fsp3) is 0.320. The Kier molecular flexibility index (Phi) is 8.07. The Morgan fingerprint density at radius 1 is 1.03 bits per heavy atom. The molecule has 0 unspecified atom stereocenters. The molecule has 0 spiro atoms. The minimum atomic E-state index is -0.498. The normalized spacial score (nSPS) is 11.5. The van der Waals surface area contributed by atoms with Crippen LogP contribution in [0.3, 0.4) is 0 Å². The fourth-order valence-corrected chi connectivity index (χ4v) is 3.56. The maximum absolute atomic E-state index is 13.5. The van der Waals surface area contributed by atoms with Crippen molar-refractivity contribution in [3.8, 4) is 5.69 Å². The maximum atomic E-state index is 13.5. The van der Waals surface area contributed by atoms with Crippen molar-refractivity contribution in [1.82, 2.24) is 4.57 Å². The number of non-ortho nitro benzene ring substituents is 1. The molecule has 3 rings (SSSR count). The summed E-state index contributed by atoms with van der Waals surface area (Å²) < 4.78 is 1.82. The van der Waals surface area contributed by atoms with Crippen molar-refractivity contribution >= 4 is 34.1 Å². The zero-order valence-corrected chi connectivity index (χ0v) is 18.8. The van der Waals surface area contributed by atoms with Crippen LogP contribution in [0.25, 0.3) is 16.6 Å². The molecule has 0 radical (unpaired) electrons. The van der Waals surface area contributed by atoms with Crippen molar-refractivity contribution in [2.24, 2.45) is 5.16 Å². The van der Waals surface area contributed by atoms with Crippen LogP contribution in [0.15, 0.2) is 59.9 Å². The van der Waals surface area contributed by atoms with Gasteiger partial charge in [0.2, 0.25) is 5.78 Å². The summed E-state index contributed by atoms with van der Waals surface area (Å²) in [4.78, 5) is 40.6. The lowest BCUT2D eigenvalue weighted by atomic mass is 10.0.